The first kappa shape index (κ1) is 13.4. The molecule has 0 saturated carbocycles. The van der Waals surface area contributed by atoms with E-state index in [1.54, 1.807) is 16.9 Å². The van der Waals surface area contributed by atoms with Gasteiger partial charge in [-0.1, -0.05) is 6.07 Å². The number of ether oxygens (including phenoxy) is 1. The molecule has 0 unspecified atom stereocenters. The number of aromatic hydroxyl groups is 1. The Hall–Kier alpha value is -2.56. The minimum atomic E-state index is 0.120. The van der Waals surface area contributed by atoms with E-state index < -0.39 is 0 Å². The molecule has 1 aromatic carbocycles. The quantitative estimate of drug-likeness (QED) is 0.802. The number of nitrogens with zero attached hydrogens (tertiary/aromatic N) is 3. The van der Waals surface area contributed by atoms with Gasteiger partial charge in [0.2, 0.25) is 0 Å². The first-order chi connectivity index (χ1) is 10.1. The molecule has 1 N–H and O–H groups in total. The van der Waals surface area contributed by atoms with Gasteiger partial charge in [-0.25, -0.2) is 4.98 Å². The van der Waals surface area contributed by atoms with Gasteiger partial charge in [0.15, 0.2) is 11.5 Å². The summed E-state index contributed by atoms with van der Waals surface area (Å²) >= 11 is 0. The minimum Gasteiger partial charge on any atom is -0.504 e. The number of phenolic OH excluding ortho intramolecular Hbond substituents is 1. The molecule has 0 aliphatic carbocycles. The summed E-state index contributed by atoms with van der Waals surface area (Å²) in [4.78, 5) is 4.59. The van der Waals surface area contributed by atoms with Crippen LogP contribution in [-0.2, 0) is 7.05 Å². The summed E-state index contributed by atoms with van der Waals surface area (Å²) < 4.78 is 7.23. The number of hydrogen-bond donors (Lipinski definition) is 1. The Balaban J connectivity index is 2.19. The van der Waals surface area contributed by atoms with Gasteiger partial charge in [-0.15, -0.1) is 0 Å². The summed E-state index contributed by atoms with van der Waals surface area (Å²) in [6.07, 6.45) is 1.73. The molecule has 0 aliphatic heterocycles. The Morgan fingerprint density at radius 3 is 2.90 bits per heavy atom. The number of rotatable bonds is 3. The van der Waals surface area contributed by atoms with E-state index in [9.17, 15) is 5.11 Å². The number of para-hydroxylation sites is 1. The van der Waals surface area contributed by atoms with Gasteiger partial charge in [0.05, 0.1) is 24.0 Å². The third-order valence-corrected chi connectivity index (χ3v) is 3.46. The van der Waals surface area contributed by atoms with E-state index in [1.165, 1.54) is 0 Å². The van der Waals surface area contributed by atoms with Gasteiger partial charge in [0.25, 0.3) is 0 Å². The lowest BCUT2D eigenvalue weighted by Gasteiger charge is -2.10. The molecule has 3 rings (SSSR count). The van der Waals surface area contributed by atoms with Crippen LogP contribution >= 0.6 is 0 Å². The number of pyridine rings is 1. The molecule has 0 spiro atoms. The SMILES string of the molecule is CCOc1cccc(-c2cc(C)c3c(cnn3C)n2)c1O. The number of aromatic nitrogens is 3. The second-order valence-electron chi connectivity index (χ2n) is 4.91. The normalized spacial score (nSPS) is 11.0. The van der Waals surface area contributed by atoms with Crippen LogP contribution in [0, 0.1) is 6.92 Å². The van der Waals surface area contributed by atoms with Gasteiger partial charge >= 0.3 is 0 Å². The van der Waals surface area contributed by atoms with Gasteiger partial charge in [-0.2, -0.15) is 5.10 Å². The predicted octanol–water partition coefficient (Wildman–Crippen LogP) is 3.05. The fraction of sp³-hybridized carbons (Fsp3) is 0.250. The van der Waals surface area contributed by atoms with Crippen molar-refractivity contribution in [2.24, 2.45) is 7.05 Å². The monoisotopic (exact) mass is 283 g/mol. The molecule has 0 radical (unpaired) electrons. The van der Waals surface area contributed by atoms with Crippen molar-refractivity contribution < 1.29 is 9.84 Å². The van der Waals surface area contributed by atoms with Gasteiger partial charge < -0.3 is 9.84 Å². The van der Waals surface area contributed by atoms with Crippen LogP contribution in [0.3, 0.4) is 0 Å². The van der Waals surface area contributed by atoms with E-state index in [0.29, 0.717) is 23.6 Å². The summed E-state index contributed by atoms with van der Waals surface area (Å²) in [6.45, 7) is 4.40. The molecule has 0 bridgehead atoms. The lowest BCUT2D eigenvalue weighted by atomic mass is 10.1. The van der Waals surface area contributed by atoms with Crippen LogP contribution in [0.2, 0.25) is 0 Å². The van der Waals surface area contributed by atoms with Crippen molar-refractivity contribution in [3.8, 4) is 22.8 Å². The van der Waals surface area contributed by atoms with Crippen molar-refractivity contribution in [3.63, 3.8) is 0 Å². The minimum absolute atomic E-state index is 0.120. The van der Waals surface area contributed by atoms with E-state index in [1.807, 2.05) is 39.1 Å². The third-order valence-electron chi connectivity index (χ3n) is 3.46. The van der Waals surface area contributed by atoms with Crippen molar-refractivity contribution in [2.45, 2.75) is 13.8 Å². The van der Waals surface area contributed by atoms with E-state index in [2.05, 4.69) is 10.1 Å². The molecule has 21 heavy (non-hydrogen) atoms. The number of aryl methyl sites for hydroxylation is 2. The highest BCUT2D eigenvalue weighted by molar-refractivity contribution is 5.83. The van der Waals surface area contributed by atoms with Crippen molar-refractivity contribution in [3.05, 3.63) is 36.0 Å². The van der Waals surface area contributed by atoms with E-state index >= 15 is 0 Å². The average Bonchev–Trinajstić information content (AvgIpc) is 2.83. The van der Waals surface area contributed by atoms with E-state index in [0.717, 1.165) is 16.6 Å². The molecule has 0 fully saturated rings. The largest absolute Gasteiger partial charge is 0.504 e. The summed E-state index contributed by atoms with van der Waals surface area (Å²) in [5.41, 5.74) is 4.26. The van der Waals surface area contributed by atoms with Crippen molar-refractivity contribution >= 4 is 11.0 Å². The summed E-state index contributed by atoms with van der Waals surface area (Å²) in [6, 6.07) is 7.39. The summed E-state index contributed by atoms with van der Waals surface area (Å²) in [5, 5.41) is 14.6. The van der Waals surface area contributed by atoms with Crippen molar-refractivity contribution in [2.75, 3.05) is 6.61 Å². The van der Waals surface area contributed by atoms with E-state index in [-0.39, 0.29) is 5.75 Å². The topological polar surface area (TPSA) is 60.2 Å². The standard InChI is InChI=1S/C16H17N3O2/c1-4-21-14-7-5-6-11(16(14)20)12-8-10(2)15-13(18-12)9-17-19(15)3/h5-9,20H,4H2,1-3H3. The van der Waals surface area contributed by atoms with E-state index in [4.69, 9.17) is 4.74 Å². The Morgan fingerprint density at radius 1 is 1.33 bits per heavy atom. The molecule has 2 aromatic heterocycles. The Labute approximate surface area is 122 Å². The first-order valence-electron chi connectivity index (χ1n) is 6.86. The summed E-state index contributed by atoms with van der Waals surface area (Å²) in [5.74, 6) is 0.593. The van der Waals surface area contributed by atoms with Crippen LogP contribution in [0.15, 0.2) is 30.5 Å². The molecular formula is C16H17N3O2. The van der Waals surface area contributed by atoms with Crippen molar-refractivity contribution in [1.82, 2.24) is 14.8 Å². The summed E-state index contributed by atoms with van der Waals surface area (Å²) in [7, 11) is 1.89. The molecule has 0 aliphatic rings. The fourth-order valence-electron chi connectivity index (χ4n) is 2.54. The Morgan fingerprint density at radius 2 is 2.14 bits per heavy atom. The molecule has 0 atom stereocenters. The maximum absolute atomic E-state index is 10.4. The zero-order valence-electron chi connectivity index (χ0n) is 12.3. The highest BCUT2D eigenvalue weighted by Gasteiger charge is 2.14. The Bertz CT molecular complexity index is 809. The molecule has 5 nitrogen and oxygen atoms in total. The second kappa shape index (κ2) is 5.09. The third kappa shape index (κ3) is 2.20. The van der Waals surface area contributed by atoms with Crippen LogP contribution in [0.1, 0.15) is 12.5 Å². The molecule has 0 saturated heterocycles. The van der Waals surface area contributed by atoms with Crippen LogP contribution in [0.5, 0.6) is 11.5 Å². The molecule has 3 aromatic rings. The highest BCUT2D eigenvalue weighted by atomic mass is 16.5. The highest BCUT2D eigenvalue weighted by Crippen LogP contribution is 2.37. The number of hydrogen-bond acceptors (Lipinski definition) is 4. The van der Waals surface area contributed by atoms with Crippen molar-refractivity contribution in [1.29, 1.82) is 0 Å². The Kier molecular flexibility index (Phi) is 3.25. The lowest BCUT2D eigenvalue weighted by Crippen LogP contribution is -1.95. The molecule has 5 heteroatoms. The van der Waals surface area contributed by atoms with Gasteiger partial charge in [0, 0.05) is 12.6 Å². The molecular weight excluding hydrogens is 266 g/mol. The van der Waals surface area contributed by atoms with Gasteiger partial charge in [-0.05, 0) is 37.6 Å². The van der Waals surface area contributed by atoms with Crippen LogP contribution in [0.25, 0.3) is 22.3 Å². The van der Waals surface area contributed by atoms with Gasteiger partial charge in [-0.3, -0.25) is 4.68 Å². The molecule has 2 heterocycles. The number of fused-ring (bicyclic) bond motifs is 1. The average molecular weight is 283 g/mol. The second-order valence-corrected chi connectivity index (χ2v) is 4.91. The maximum atomic E-state index is 10.4. The van der Waals surface area contributed by atoms with Crippen LogP contribution in [-0.4, -0.2) is 26.5 Å². The molecule has 0 amide bonds. The fourth-order valence-corrected chi connectivity index (χ4v) is 2.54. The number of benzene rings is 1. The van der Waals surface area contributed by atoms with Gasteiger partial charge in [0.1, 0.15) is 5.52 Å². The smallest absolute Gasteiger partial charge is 0.167 e. The zero-order chi connectivity index (χ0) is 15.0. The molecule has 108 valence electrons. The first-order valence-corrected chi connectivity index (χ1v) is 6.86. The maximum Gasteiger partial charge on any atom is 0.167 e. The number of phenols is 1. The zero-order valence-corrected chi connectivity index (χ0v) is 12.3. The predicted molar refractivity (Wildman–Crippen MR) is 81.5 cm³/mol. The van der Waals surface area contributed by atoms with Crippen LogP contribution < -0.4 is 4.74 Å². The van der Waals surface area contributed by atoms with Crippen LogP contribution in [0.4, 0.5) is 0 Å². The lowest BCUT2D eigenvalue weighted by molar-refractivity contribution is 0.318.